The normalized spacial score (nSPS) is 18.5. The Balaban J connectivity index is 1.22. The predicted octanol–water partition coefficient (Wildman–Crippen LogP) is 4.63. The van der Waals surface area contributed by atoms with Crippen LogP contribution < -0.4 is 19.8 Å². The molecule has 4 aromatic rings. The van der Waals surface area contributed by atoms with E-state index in [2.05, 4.69) is 103 Å². The van der Waals surface area contributed by atoms with Crippen LogP contribution in [0.5, 0.6) is 0 Å². The minimum Gasteiger partial charge on any atom is -0.394 e. The number of anilines is 4. The highest BCUT2D eigenvalue weighted by Crippen LogP contribution is 2.47. The van der Waals surface area contributed by atoms with E-state index in [0.717, 1.165) is 54.9 Å². The van der Waals surface area contributed by atoms with Gasteiger partial charge in [-0.25, -0.2) is 4.98 Å². The molecule has 8 nitrogen and oxygen atoms in total. The number of aliphatic hydroxyl groups is 1. The Morgan fingerprint density at radius 1 is 1.16 bits per heavy atom. The van der Waals surface area contributed by atoms with E-state index in [1.54, 1.807) is 11.9 Å². The molecule has 1 unspecified atom stereocenters. The van der Waals surface area contributed by atoms with E-state index in [0.29, 0.717) is 18.5 Å². The maximum Gasteiger partial charge on any atom is 0.229 e. The summed E-state index contributed by atoms with van der Waals surface area (Å²) < 4.78 is 4.47. The number of nitrogens with zero attached hydrogens (tertiary/aromatic N) is 5. The van der Waals surface area contributed by atoms with E-state index in [4.69, 9.17) is 4.98 Å². The summed E-state index contributed by atoms with van der Waals surface area (Å²) in [7, 11) is 0. The summed E-state index contributed by atoms with van der Waals surface area (Å²) in [6.45, 7) is 6.13. The van der Waals surface area contributed by atoms with Gasteiger partial charge in [-0.15, -0.1) is 0 Å². The number of benzene rings is 2. The molecule has 6 rings (SSSR count). The minimum absolute atomic E-state index is 0.147. The second kappa shape index (κ2) is 10.5. The summed E-state index contributed by atoms with van der Waals surface area (Å²) in [6, 6.07) is 19.5. The fourth-order valence-electron chi connectivity index (χ4n) is 5.35. The molecule has 38 heavy (non-hydrogen) atoms. The highest BCUT2D eigenvalue weighted by atomic mass is 32.2. The number of aromatic nitrogens is 3. The number of piperazine rings is 1. The lowest BCUT2D eigenvalue weighted by Crippen LogP contribution is -2.49. The number of rotatable bonds is 9. The van der Waals surface area contributed by atoms with E-state index >= 15 is 0 Å². The summed E-state index contributed by atoms with van der Waals surface area (Å²) >= 11 is 1.68. The first-order chi connectivity index (χ1) is 18.6. The molecule has 1 saturated heterocycles. The molecule has 1 atom stereocenters. The topological polar surface area (TPSA) is 81.5 Å². The van der Waals surface area contributed by atoms with Gasteiger partial charge in [0.2, 0.25) is 5.95 Å². The van der Waals surface area contributed by atoms with Crippen molar-refractivity contribution < 1.29 is 5.11 Å². The van der Waals surface area contributed by atoms with Crippen molar-refractivity contribution in [3.05, 3.63) is 72.6 Å². The van der Waals surface area contributed by atoms with Gasteiger partial charge in [0.1, 0.15) is 5.65 Å². The van der Waals surface area contributed by atoms with Gasteiger partial charge in [-0.3, -0.25) is 0 Å². The number of fused-ring (bicyclic) bond motifs is 1. The summed E-state index contributed by atoms with van der Waals surface area (Å²) in [6.07, 6.45) is 8.07. The predicted molar refractivity (Wildman–Crippen MR) is 158 cm³/mol. The summed E-state index contributed by atoms with van der Waals surface area (Å²) in [5, 5.41) is 17.9. The second-order valence-corrected chi connectivity index (χ2v) is 11.1. The van der Waals surface area contributed by atoms with Crippen molar-refractivity contribution in [1.29, 1.82) is 0 Å². The molecule has 1 aliphatic carbocycles. The van der Waals surface area contributed by atoms with Gasteiger partial charge in [-0.1, -0.05) is 30.1 Å². The molecular weight excluding hydrogens is 494 g/mol. The van der Waals surface area contributed by atoms with Crippen molar-refractivity contribution in [3.63, 3.8) is 0 Å². The first kappa shape index (κ1) is 25.0. The van der Waals surface area contributed by atoms with E-state index in [1.807, 2.05) is 6.20 Å². The molecule has 2 fully saturated rings. The van der Waals surface area contributed by atoms with Crippen LogP contribution in [-0.2, 0) is 6.54 Å². The number of para-hydroxylation sites is 1. The zero-order valence-corrected chi connectivity index (χ0v) is 22.8. The van der Waals surface area contributed by atoms with Crippen molar-refractivity contribution >= 4 is 46.0 Å². The Morgan fingerprint density at radius 2 is 1.97 bits per heavy atom. The van der Waals surface area contributed by atoms with Crippen molar-refractivity contribution in [2.24, 2.45) is 0 Å². The second-order valence-electron chi connectivity index (χ2n) is 10.4. The Labute approximate surface area is 228 Å². The van der Waals surface area contributed by atoms with Crippen LogP contribution in [0.15, 0.2) is 67.0 Å². The Morgan fingerprint density at radius 3 is 2.71 bits per heavy atom. The third-order valence-corrected chi connectivity index (χ3v) is 8.59. The molecule has 1 saturated carbocycles. The van der Waals surface area contributed by atoms with Crippen LogP contribution in [0.2, 0.25) is 0 Å². The van der Waals surface area contributed by atoms with Crippen LogP contribution in [0.3, 0.4) is 0 Å². The zero-order chi connectivity index (χ0) is 26.1. The van der Waals surface area contributed by atoms with E-state index in [9.17, 15) is 5.11 Å². The van der Waals surface area contributed by atoms with Gasteiger partial charge in [0.05, 0.1) is 24.4 Å². The number of nitrogens with one attached hydrogen (secondary N) is 2. The summed E-state index contributed by atoms with van der Waals surface area (Å²) in [4.78, 5) is 11.9. The minimum atomic E-state index is -0.147. The van der Waals surface area contributed by atoms with Gasteiger partial charge in [0.15, 0.2) is 0 Å². The summed E-state index contributed by atoms with van der Waals surface area (Å²) in [5.41, 5.74) is 5.30. The molecule has 0 spiro atoms. The van der Waals surface area contributed by atoms with Gasteiger partial charge in [-0.05, 0) is 61.7 Å². The first-order valence-electron chi connectivity index (χ1n) is 13.3. The maximum absolute atomic E-state index is 10.1. The lowest BCUT2D eigenvalue weighted by Gasteiger charge is -2.33. The van der Waals surface area contributed by atoms with Crippen molar-refractivity contribution in [3.8, 4) is 0 Å². The molecule has 2 aromatic heterocycles. The largest absolute Gasteiger partial charge is 0.394 e. The Hall–Kier alpha value is -3.27. The molecule has 2 aliphatic rings. The van der Waals surface area contributed by atoms with Gasteiger partial charge < -0.3 is 29.5 Å². The van der Waals surface area contributed by atoms with Crippen LogP contribution in [-0.4, -0.2) is 63.7 Å². The average Bonchev–Trinajstić information content (AvgIpc) is 3.64. The Kier molecular flexibility index (Phi) is 6.90. The zero-order valence-electron chi connectivity index (χ0n) is 22.0. The highest BCUT2D eigenvalue weighted by molar-refractivity contribution is 8.00. The van der Waals surface area contributed by atoms with Gasteiger partial charge in [-0.2, -0.15) is 4.98 Å². The molecule has 198 valence electrons. The lowest BCUT2D eigenvalue weighted by atomic mass is 10.1. The van der Waals surface area contributed by atoms with Crippen LogP contribution in [0.25, 0.3) is 11.0 Å². The summed E-state index contributed by atoms with van der Waals surface area (Å²) in [5.74, 6) is 0.581. The molecule has 1 aliphatic heterocycles. The molecule has 3 N–H and O–H groups in total. The highest BCUT2D eigenvalue weighted by Gasteiger charge is 2.48. The lowest BCUT2D eigenvalue weighted by molar-refractivity contribution is 0.259. The van der Waals surface area contributed by atoms with Gasteiger partial charge in [0.25, 0.3) is 0 Å². The molecule has 0 radical (unpaired) electrons. The van der Waals surface area contributed by atoms with Crippen molar-refractivity contribution in [2.75, 3.05) is 47.0 Å². The SMILES string of the molecule is CSN(c1ccccc1Cn1ccc2cnc(Nc3ccc(N4CCNC(C)C4)cc3)nc21)C1(CO)CC1. The molecule has 0 bridgehead atoms. The third-order valence-electron chi connectivity index (χ3n) is 7.65. The van der Waals surface area contributed by atoms with Crippen LogP contribution in [0.1, 0.15) is 25.3 Å². The molecule has 3 heterocycles. The quantitative estimate of drug-likeness (QED) is 0.271. The van der Waals surface area contributed by atoms with E-state index < -0.39 is 0 Å². The smallest absolute Gasteiger partial charge is 0.229 e. The number of aliphatic hydroxyl groups excluding tert-OH is 1. The van der Waals surface area contributed by atoms with Crippen LogP contribution >= 0.6 is 11.9 Å². The average molecular weight is 530 g/mol. The maximum atomic E-state index is 10.1. The number of hydrogen-bond acceptors (Lipinski definition) is 8. The standard InChI is InChI=1S/C29H35N7OS/c1-21-18-34(16-14-30-21)25-9-7-24(8-10-25)32-28-31-17-22-11-15-35(27(22)33-28)19-23-5-3-4-6-26(23)36(38-2)29(20-37)12-13-29/h3-11,15,17,21,30,37H,12-14,16,18-20H2,1-2H3,(H,31,32,33). The first-order valence-corrected chi connectivity index (χ1v) is 14.5. The van der Waals surface area contributed by atoms with E-state index in [-0.39, 0.29) is 12.1 Å². The fraction of sp³-hybridized carbons (Fsp3) is 0.379. The third kappa shape index (κ3) is 4.93. The van der Waals surface area contributed by atoms with Crippen LogP contribution in [0.4, 0.5) is 23.0 Å². The van der Waals surface area contributed by atoms with E-state index in [1.165, 1.54) is 11.3 Å². The fourth-order valence-corrected chi connectivity index (χ4v) is 6.36. The number of hydrogen-bond donors (Lipinski definition) is 3. The molecule has 9 heteroatoms. The van der Waals surface area contributed by atoms with Crippen molar-refractivity contribution in [2.45, 2.75) is 37.9 Å². The van der Waals surface area contributed by atoms with Gasteiger partial charge in [0, 0.05) is 61.1 Å². The molecule has 2 aromatic carbocycles. The molecule has 0 amide bonds. The Bertz CT molecular complexity index is 1400. The van der Waals surface area contributed by atoms with Crippen LogP contribution in [0, 0.1) is 0 Å². The molecular formula is C29H35N7OS. The monoisotopic (exact) mass is 529 g/mol. The van der Waals surface area contributed by atoms with Crippen molar-refractivity contribution in [1.82, 2.24) is 19.9 Å². The van der Waals surface area contributed by atoms with Gasteiger partial charge >= 0.3 is 0 Å².